The average Bonchev–Trinajstić information content (AvgIpc) is 3.41. The van der Waals surface area contributed by atoms with Crippen molar-refractivity contribution in [2.45, 2.75) is 32.6 Å². The number of ether oxygens (including phenoxy) is 1. The van der Waals surface area contributed by atoms with Crippen LogP contribution < -0.4 is 15.6 Å². The van der Waals surface area contributed by atoms with Gasteiger partial charge in [0, 0.05) is 25.0 Å². The molecule has 0 aliphatic carbocycles. The van der Waals surface area contributed by atoms with Crippen LogP contribution in [0.1, 0.15) is 53.3 Å². The average molecular weight is 409 g/mol. The molecule has 158 valence electrons. The molecule has 2 heterocycles. The van der Waals surface area contributed by atoms with Crippen molar-refractivity contribution in [3.05, 3.63) is 66.1 Å². The van der Waals surface area contributed by atoms with Gasteiger partial charge in [0.1, 0.15) is 17.1 Å². The third-order valence-corrected chi connectivity index (χ3v) is 4.67. The Morgan fingerprint density at radius 1 is 1.00 bits per heavy atom. The number of carbonyl (C=O) groups excluding carboxylic acids is 2. The Balaban J connectivity index is 1.53. The summed E-state index contributed by atoms with van der Waals surface area (Å²) in [6.07, 6.45) is 9.67. The predicted molar refractivity (Wildman–Crippen MR) is 114 cm³/mol. The molecule has 0 saturated carbocycles. The number of unbranched alkanes of at least 4 members (excludes halogenated alkanes) is 3. The van der Waals surface area contributed by atoms with E-state index in [4.69, 9.17) is 4.74 Å². The summed E-state index contributed by atoms with van der Waals surface area (Å²) in [4.78, 5) is 24.9. The van der Waals surface area contributed by atoms with E-state index in [9.17, 15) is 9.59 Å². The van der Waals surface area contributed by atoms with Crippen molar-refractivity contribution >= 4 is 11.8 Å². The highest BCUT2D eigenvalue weighted by Gasteiger charge is 2.18. The van der Waals surface area contributed by atoms with E-state index in [0.717, 1.165) is 18.6 Å². The van der Waals surface area contributed by atoms with Crippen molar-refractivity contribution in [3.8, 4) is 11.6 Å². The summed E-state index contributed by atoms with van der Waals surface area (Å²) >= 11 is 0. The Hall–Kier alpha value is -3.55. The molecule has 0 spiro atoms. The van der Waals surface area contributed by atoms with E-state index in [2.05, 4.69) is 22.9 Å². The van der Waals surface area contributed by atoms with Crippen molar-refractivity contribution < 1.29 is 14.3 Å². The van der Waals surface area contributed by atoms with Gasteiger partial charge >= 0.3 is 0 Å². The lowest BCUT2D eigenvalue weighted by atomic mass is 10.2. The van der Waals surface area contributed by atoms with Crippen LogP contribution >= 0.6 is 0 Å². The Labute approximate surface area is 175 Å². The van der Waals surface area contributed by atoms with Crippen LogP contribution in [-0.4, -0.2) is 32.8 Å². The van der Waals surface area contributed by atoms with Gasteiger partial charge in [-0.15, -0.1) is 0 Å². The standard InChI is InChI=1S/C22H27N5O3/c1-3-4-5-8-15-30-18-11-9-17(10-12-18)20(28)24-25-21(29)19-16-23-26(2)22(19)27-13-6-7-14-27/h6-7,9-14,16H,3-5,8,15H2,1-2H3,(H,24,28)(H,25,29). The number of carbonyl (C=O) groups is 2. The molecular weight excluding hydrogens is 382 g/mol. The number of rotatable bonds is 9. The normalized spacial score (nSPS) is 10.6. The summed E-state index contributed by atoms with van der Waals surface area (Å²) in [5.74, 6) is 0.461. The number of aromatic nitrogens is 3. The molecule has 3 rings (SSSR count). The molecule has 0 radical (unpaired) electrons. The fraction of sp³-hybridized carbons (Fsp3) is 0.318. The topological polar surface area (TPSA) is 90.2 Å². The summed E-state index contributed by atoms with van der Waals surface area (Å²) in [5, 5.41) is 4.14. The first-order valence-corrected chi connectivity index (χ1v) is 10.1. The van der Waals surface area contributed by atoms with Crippen LogP contribution in [-0.2, 0) is 7.05 Å². The zero-order chi connectivity index (χ0) is 21.3. The summed E-state index contributed by atoms with van der Waals surface area (Å²) in [6, 6.07) is 10.5. The number of aryl methyl sites for hydroxylation is 1. The molecule has 8 nitrogen and oxygen atoms in total. The molecule has 0 aliphatic rings. The van der Waals surface area contributed by atoms with Crippen LogP contribution in [0.15, 0.2) is 55.0 Å². The van der Waals surface area contributed by atoms with E-state index >= 15 is 0 Å². The van der Waals surface area contributed by atoms with Crippen molar-refractivity contribution in [2.24, 2.45) is 7.05 Å². The van der Waals surface area contributed by atoms with E-state index in [0.29, 0.717) is 23.6 Å². The number of hydrogen-bond acceptors (Lipinski definition) is 4. The van der Waals surface area contributed by atoms with Gasteiger partial charge in [0.25, 0.3) is 11.8 Å². The molecule has 0 saturated heterocycles. The first kappa shape index (κ1) is 21.2. The number of nitrogens with zero attached hydrogens (tertiary/aromatic N) is 3. The van der Waals surface area contributed by atoms with Gasteiger partial charge in [0.2, 0.25) is 0 Å². The number of hydrazine groups is 1. The molecule has 8 heteroatoms. The van der Waals surface area contributed by atoms with E-state index < -0.39 is 11.8 Å². The quantitative estimate of drug-likeness (QED) is 0.419. The highest BCUT2D eigenvalue weighted by Crippen LogP contribution is 2.14. The van der Waals surface area contributed by atoms with Crippen LogP contribution in [0, 0.1) is 0 Å². The molecule has 2 aromatic heterocycles. The lowest BCUT2D eigenvalue weighted by molar-refractivity contribution is 0.0846. The number of hydrogen-bond donors (Lipinski definition) is 2. The number of amides is 2. The molecule has 0 unspecified atom stereocenters. The van der Waals surface area contributed by atoms with Gasteiger partial charge in [-0.25, -0.2) is 0 Å². The van der Waals surface area contributed by atoms with Gasteiger partial charge < -0.3 is 9.30 Å². The fourth-order valence-corrected chi connectivity index (χ4v) is 3.05. The van der Waals surface area contributed by atoms with Crippen LogP contribution in [0.25, 0.3) is 5.82 Å². The molecule has 2 amide bonds. The Kier molecular flexibility index (Phi) is 7.26. The molecule has 0 bridgehead atoms. The van der Waals surface area contributed by atoms with Crippen LogP contribution in [0.4, 0.5) is 0 Å². The zero-order valence-corrected chi connectivity index (χ0v) is 17.3. The number of nitrogens with one attached hydrogen (secondary N) is 2. The zero-order valence-electron chi connectivity index (χ0n) is 17.3. The van der Waals surface area contributed by atoms with E-state index in [1.165, 1.54) is 19.0 Å². The highest BCUT2D eigenvalue weighted by atomic mass is 16.5. The molecule has 0 aliphatic heterocycles. The second-order valence-corrected chi connectivity index (χ2v) is 6.94. The van der Waals surface area contributed by atoms with Gasteiger partial charge in [-0.3, -0.25) is 25.1 Å². The monoisotopic (exact) mass is 409 g/mol. The first-order chi connectivity index (χ1) is 14.6. The maximum atomic E-state index is 12.5. The van der Waals surface area contributed by atoms with E-state index in [-0.39, 0.29) is 0 Å². The van der Waals surface area contributed by atoms with Crippen LogP contribution in [0.3, 0.4) is 0 Å². The highest BCUT2D eigenvalue weighted by molar-refractivity contribution is 6.00. The first-order valence-electron chi connectivity index (χ1n) is 10.1. The van der Waals surface area contributed by atoms with Gasteiger partial charge in [-0.05, 0) is 42.8 Å². The molecule has 2 N–H and O–H groups in total. The summed E-state index contributed by atoms with van der Waals surface area (Å²) in [5.41, 5.74) is 5.65. The third kappa shape index (κ3) is 5.28. The van der Waals surface area contributed by atoms with E-state index in [1.807, 2.05) is 24.5 Å². The van der Waals surface area contributed by atoms with Crippen LogP contribution in [0.5, 0.6) is 5.75 Å². The van der Waals surface area contributed by atoms with E-state index in [1.54, 1.807) is 40.6 Å². The molecule has 3 aromatic rings. The van der Waals surface area contributed by atoms with Crippen molar-refractivity contribution in [2.75, 3.05) is 6.61 Å². The van der Waals surface area contributed by atoms with Crippen molar-refractivity contribution in [1.29, 1.82) is 0 Å². The minimum absolute atomic E-state index is 0.348. The SMILES string of the molecule is CCCCCCOc1ccc(C(=O)NNC(=O)c2cnn(C)c2-n2cccc2)cc1. The fourth-order valence-electron chi connectivity index (χ4n) is 3.05. The Bertz CT molecular complexity index is 961. The molecule has 0 atom stereocenters. The van der Waals surface area contributed by atoms with Gasteiger partial charge in [0.15, 0.2) is 0 Å². The summed E-state index contributed by atoms with van der Waals surface area (Å²) in [6.45, 7) is 2.83. The Morgan fingerprint density at radius 3 is 2.40 bits per heavy atom. The maximum absolute atomic E-state index is 12.5. The lowest BCUT2D eigenvalue weighted by Crippen LogP contribution is -2.41. The Morgan fingerprint density at radius 2 is 1.70 bits per heavy atom. The second-order valence-electron chi connectivity index (χ2n) is 6.94. The predicted octanol–water partition coefficient (Wildman–Crippen LogP) is 3.24. The smallest absolute Gasteiger partial charge is 0.275 e. The minimum atomic E-state index is -0.452. The summed E-state index contributed by atoms with van der Waals surface area (Å²) < 4.78 is 9.06. The van der Waals surface area contributed by atoms with Crippen molar-refractivity contribution in [3.63, 3.8) is 0 Å². The van der Waals surface area contributed by atoms with Crippen LogP contribution in [0.2, 0.25) is 0 Å². The number of benzene rings is 1. The van der Waals surface area contributed by atoms with Crippen molar-refractivity contribution in [1.82, 2.24) is 25.2 Å². The largest absolute Gasteiger partial charge is 0.494 e. The molecule has 1 aromatic carbocycles. The lowest BCUT2D eigenvalue weighted by Gasteiger charge is -2.10. The molecular formula is C22H27N5O3. The third-order valence-electron chi connectivity index (χ3n) is 4.67. The van der Waals surface area contributed by atoms with Gasteiger partial charge in [-0.2, -0.15) is 5.10 Å². The second kappa shape index (κ2) is 10.3. The van der Waals surface area contributed by atoms with Gasteiger partial charge in [0.05, 0.1) is 12.8 Å². The molecule has 0 fully saturated rings. The van der Waals surface area contributed by atoms with Gasteiger partial charge in [-0.1, -0.05) is 26.2 Å². The molecule has 30 heavy (non-hydrogen) atoms. The maximum Gasteiger partial charge on any atom is 0.275 e. The minimum Gasteiger partial charge on any atom is -0.494 e. The summed E-state index contributed by atoms with van der Waals surface area (Å²) in [7, 11) is 1.75.